The van der Waals surface area contributed by atoms with E-state index in [2.05, 4.69) is 5.10 Å². The van der Waals surface area contributed by atoms with Crippen LogP contribution in [0.25, 0.3) is 10.9 Å². The number of hydrogen-bond acceptors (Lipinski definition) is 3. The van der Waals surface area contributed by atoms with Gasteiger partial charge in [-0.25, -0.2) is 4.39 Å². The van der Waals surface area contributed by atoms with E-state index in [1.165, 1.54) is 0 Å². The molecule has 2 fully saturated rings. The number of aliphatic hydroxyl groups excluding tert-OH is 1. The summed E-state index contributed by atoms with van der Waals surface area (Å²) in [5.41, 5.74) is 0.163. The molecule has 5 rings (SSSR count). The van der Waals surface area contributed by atoms with Gasteiger partial charge in [0.25, 0.3) is 0 Å². The predicted octanol–water partition coefficient (Wildman–Crippen LogP) is 3.38. The zero-order chi connectivity index (χ0) is 18.4. The van der Waals surface area contributed by atoms with E-state index in [-0.39, 0.29) is 34.5 Å². The molecule has 1 N–H and O–H groups in total. The summed E-state index contributed by atoms with van der Waals surface area (Å²) in [7, 11) is 0. The van der Waals surface area contributed by atoms with Crippen LogP contribution in [-0.2, 0) is 10.3 Å². The van der Waals surface area contributed by atoms with E-state index in [0.29, 0.717) is 5.52 Å². The summed E-state index contributed by atoms with van der Waals surface area (Å²) in [6, 6.07) is 1.96. The Morgan fingerprint density at radius 3 is 2.65 bits per heavy atom. The number of carbonyl (C=O) groups excluding carboxylic acids is 1. The number of piperidine rings is 1. The number of nitrogens with zero attached hydrogens (tertiary/aromatic N) is 3. The van der Waals surface area contributed by atoms with E-state index in [4.69, 9.17) is 11.6 Å². The van der Waals surface area contributed by atoms with E-state index in [9.17, 15) is 14.3 Å². The zero-order valence-corrected chi connectivity index (χ0v) is 15.5. The minimum absolute atomic E-state index is 0.0156. The molecule has 0 radical (unpaired) electrons. The van der Waals surface area contributed by atoms with Crippen LogP contribution in [0.5, 0.6) is 0 Å². The van der Waals surface area contributed by atoms with Gasteiger partial charge in [0.05, 0.1) is 22.3 Å². The molecule has 3 aliphatic rings. The van der Waals surface area contributed by atoms with E-state index < -0.39 is 17.5 Å². The summed E-state index contributed by atoms with van der Waals surface area (Å²) in [4.78, 5) is 14.0. The molecule has 4 atom stereocenters. The first-order valence-electron chi connectivity index (χ1n) is 9.17. The van der Waals surface area contributed by atoms with Gasteiger partial charge in [0.2, 0.25) is 5.91 Å². The van der Waals surface area contributed by atoms with Crippen LogP contribution in [0.4, 0.5) is 4.39 Å². The van der Waals surface area contributed by atoms with Crippen molar-refractivity contribution in [2.75, 3.05) is 0 Å². The fourth-order valence-electron chi connectivity index (χ4n) is 5.76. The Morgan fingerprint density at radius 2 is 2.04 bits per heavy atom. The van der Waals surface area contributed by atoms with Crippen molar-refractivity contribution in [2.24, 2.45) is 5.92 Å². The lowest BCUT2D eigenvalue weighted by Crippen LogP contribution is -2.52. The van der Waals surface area contributed by atoms with Gasteiger partial charge in [-0.1, -0.05) is 11.6 Å². The number of fused-ring (bicyclic) bond motifs is 2. The molecule has 1 amide bonds. The Hall–Kier alpha value is -1.66. The van der Waals surface area contributed by atoms with Crippen LogP contribution < -0.4 is 0 Å². The lowest BCUT2D eigenvalue weighted by molar-refractivity contribution is -0.135. The number of aromatic nitrogens is 2. The van der Waals surface area contributed by atoms with Crippen molar-refractivity contribution in [1.82, 2.24) is 14.7 Å². The maximum atomic E-state index is 14.8. The summed E-state index contributed by atoms with van der Waals surface area (Å²) < 4.78 is 16.6. The number of benzene rings is 1. The van der Waals surface area contributed by atoms with Gasteiger partial charge in [0.15, 0.2) is 0 Å². The van der Waals surface area contributed by atoms with Gasteiger partial charge in [-0.3, -0.25) is 9.48 Å². The summed E-state index contributed by atoms with van der Waals surface area (Å²) >= 11 is 6.04. The normalized spacial score (nSPS) is 35.5. The van der Waals surface area contributed by atoms with Gasteiger partial charge in [0.1, 0.15) is 11.9 Å². The summed E-state index contributed by atoms with van der Waals surface area (Å²) in [6.45, 7) is 3.59. The van der Waals surface area contributed by atoms with Gasteiger partial charge in [-0.2, -0.15) is 5.10 Å². The van der Waals surface area contributed by atoms with Crippen molar-refractivity contribution < 1.29 is 14.3 Å². The standard InChI is InChI=1S/C19H21ClFN3O2/c1-9(25)23-12-3-4-13(23)7-11(6-12)19(2)18(26)15-16(21)14(20)5-10-8-22-24(19)17(10)15/h5,8,11-13,18,26H,3-4,6-7H2,1-2H3. The number of rotatable bonds is 1. The van der Waals surface area contributed by atoms with Crippen molar-refractivity contribution >= 4 is 28.4 Å². The fraction of sp³-hybridized carbons (Fsp3) is 0.579. The third kappa shape index (κ3) is 1.84. The first-order valence-corrected chi connectivity index (χ1v) is 9.55. The van der Waals surface area contributed by atoms with Crippen molar-refractivity contribution in [1.29, 1.82) is 0 Å². The topological polar surface area (TPSA) is 58.4 Å². The maximum absolute atomic E-state index is 14.8. The molecule has 2 bridgehead atoms. The van der Waals surface area contributed by atoms with E-state index in [1.54, 1.807) is 23.9 Å². The number of amides is 1. The fourth-order valence-corrected chi connectivity index (χ4v) is 5.98. The third-order valence-corrected chi connectivity index (χ3v) is 7.26. The van der Waals surface area contributed by atoms with E-state index >= 15 is 0 Å². The quantitative estimate of drug-likeness (QED) is 0.828. The Labute approximate surface area is 155 Å². The van der Waals surface area contributed by atoms with Crippen LogP contribution in [0.15, 0.2) is 12.3 Å². The van der Waals surface area contributed by atoms with Gasteiger partial charge >= 0.3 is 0 Å². The molecule has 2 saturated heterocycles. The molecule has 138 valence electrons. The number of hydrogen-bond donors (Lipinski definition) is 1. The van der Waals surface area contributed by atoms with Crippen molar-refractivity contribution in [3.63, 3.8) is 0 Å². The molecule has 0 saturated carbocycles. The first kappa shape index (κ1) is 16.5. The lowest BCUT2D eigenvalue weighted by Gasteiger charge is -2.46. The molecule has 1 aromatic carbocycles. The smallest absolute Gasteiger partial charge is 0.219 e. The van der Waals surface area contributed by atoms with Crippen LogP contribution >= 0.6 is 11.6 Å². The average Bonchev–Trinajstić information content (AvgIpc) is 3.19. The zero-order valence-electron chi connectivity index (χ0n) is 14.7. The number of aliphatic hydroxyl groups is 1. The molecular formula is C19H21ClFN3O2. The second-order valence-electron chi connectivity index (χ2n) is 8.19. The first-order chi connectivity index (χ1) is 12.3. The third-order valence-electron chi connectivity index (χ3n) is 6.99. The monoisotopic (exact) mass is 377 g/mol. The van der Waals surface area contributed by atoms with Crippen molar-refractivity contribution in [3.05, 3.63) is 28.7 Å². The minimum Gasteiger partial charge on any atom is -0.386 e. The Bertz CT molecular complexity index is 930. The summed E-state index contributed by atoms with van der Waals surface area (Å²) in [6.07, 6.45) is 4.28. The van der Waals surface area contributed by atoms with Crippen LogP contribution in [0, 0.1) is 11.7 Å². The van der Waals surface area contributed by atoms with Crippen LogP contribution in [-0.4, -0.2) is 37.8 Å². The molecular weight excluding hydrogens is 357 g/mol. The molecule has 2 aromatic rings. The minimum atomic E-state index is -0.999. The SMILES string of the molecule is CC(=O)N1C2CCC1CC(C1(C)C(O)c3c(F)c(Cl)cc4cnn1c34)C2. The van der Waals surface area contributed by atoms with Crippen molar-refractivity contribution in [2.45, 2.75) is 63.3 Å². The molecule has 26 heavy (non-hydrogen) atoms. The van der Waals surface area contributed by atoms with Crippen molar-refractivity contribution in [3.8, 4) is 0 Å². The van der Waals surface area contributed by atoms with Crippen LogP contribution in [0.3, 0.4) is 0 Å². The molecule has 0 spiro atoms. The van der Waals surface area contributed by atoms with Crippen LogP contribution in [0.2, 0.25) is 5.02 Å². The highest BCUT2D eigenvalue weighted by Gasteiger charge is 2.55. The molecule has 5 nitrogen and oxygen atoms in total. The van der Waals surface area contributed by atoms with E-state index in [0.717, 1.165) is 31.1 Å². The number of halogens is 2. The Balaban J connectivity index is 1.60. The van der Waals surface area contributed by atoms with Gasteiger partial charge in [-0.15, -0.1) is 0 Å². The molecule has 4 heterocycles. The molecule has 1 aromatic heterocycles. The number of carbonyl (C=O) groups is 1. The molecule has 4 unspecified atom stereocenters. The molecule has 3 aliphatic heterocycles. The van der Waals surface area contributed by atoms with Gasteiger partial charge in [-0.05, 0) is 44.6 Å². The summed E-state index contributed by atoms with van der Waals surface area (Å²) in [5.74, 6) is -0.323. The molecule has 0 aliphatic carbocycles. The Morgan fingerprint density at radius 1 is 1.38 bits per heavy atom. The second kappa shape index (κ2) is 5.20. The highest BCUT2D eigenvalue weighted by molar-refractivity contribution is 6.31. The highest BCUT2D eigenvalue weighted by atomic mass is 35.5. The maximum Gasteiger partial charge on any atom is 0.219 e. The summed E-state index contributed by atoms with van der Waals surface area (Å²) in [5, 5.41) is 16.4. The largest absolute Gasteiger partial charge is 0.386 e. The van der Waals surface area contributed by atoms with Gasteiger partial charge < -0.3 is 10.0 Å². The Kier molecular flexibility index (Phi) is 3.30. The second-order valence-corrected chi connectivity index (χ2v) is 8.60. The average molecular weight is 378 g/mol. The predicted molar refractivity (Wildman–Crippen MR) is 95.4 cm³/mol. The van der Waals surface area contributed by atoms with E-state index in [1.807, 2.05) is 11.8 Å². The lowest BCUT2D eigenvalue weighted by atomic mass is 9.73. The van der Waals surface area contributed by atoms with Gasteiger partial charge in [0, 0.05) is 30.0 Å². The highest BCUT2D eigenvalue weighted by Crippen LogP contribution is 2.55. The van der Waals surface area contributed by atoms with Crippen LogP contribution in [0.1, 0.15) is 51.2 Å². The molecule has 7 heteroatoms.